The van der Waals surface area contributed by atoms with Gasteiger partial charge in [0.15, 0.2) is 9.84 Å². The normalized spacial score (nSPS) is 28.4. The van der Waals surface area contributed by atoms with Crippen LogP contribution in [-0.2, 0) is 16.3 Å². The van der Waals surface area contributed by atoms with E-state index in [0.29, 0.717) is 13.0 Å². The maximum atomic E-state index is 11.5. The number of thiophene rings is 1. The highest BCUT2D eigenvalue weighted by Gasteiger charge is 2.41. The van der Waals surface area contributed by atoms with E-state index in [0.717, 1.165) is 10.2 Å². The Balaban J connectivity index is 2.18. The Kier molecular flexibility index (Phi) is 3.45. The molecule has 0 aromatic carbocycles. The van der Waals surface area contributed by atoms with Gasteiger partial charge in [-0.3, -0.25) is 0 Å². The van der Waals surface area contributed by atoms with Crippen LogP contribution in [0, 0.1) is 5.41 Å². The Morgan fingerprint density at radius 2 is 2.25 bits per heavy atom. The van der Waals surface area contributed by atoms with Crippen LogP contribution in [0.4, 0.5) is 0 Å². The number of rotatable bonds is 3. The van der Waals surface area contributed by atoms with Gasteiger partial charge in [0.05, 0.1) is 15.3 Å². The van der Waals surface area contributed by atoms with Gasteiger partial charge in [-0.1, -0.05) is 0 Å². The highest BCUT2D eigenvalue weighted by molar-refractivity contribution is 9.11. The molecule has 2 rings (SSSR count). The van der Waals surface area contributed by atoms with Crippen molar-refractivity contribution in [2.75, 3.05) is 18.1 Å². The molecule has 1 atom stereocenters. The van der Waals surface area contributed by atoms with E-state index in [-0.39, 0.29) is 16.9 Å². The summed E-state index contributed by atoms with van der Waals surface area (Å²) in [5.41, 5.74) is 5.54. The van der Waals surface area contributed by atoms with Crippen LogP contribution in [0.1, 0.15) is 11.3 Å². The van der Waals surface area contributed by atoms with Gasteiger partial charge < -0.3 is 5.73 Å². The monoisotopic (exact) mass is 323 g/mol. The fourth-order valence-corrected chi connectivity index (χ4v) is 6.01. The molecule has 0 saturated carbocycles. The van der Waals surface area contributed by atoms with Crippen LogP contribution in [0.5, 0.6) is 0 Å². The highest BCUT2D eigenvalue weighted by atomic mass is 79.9. The summed E-state index contributed by atoms with van der Waals surface area (Å²) in [4.78, 5) is 1.20. The lowest BCUT2D eigenvalue weighted by molar-refractivity contribution is 0.347. The lowest BCUT2D eigenvalue weighted by atomic mass is 9.83. The second-order valence-electron chi connectivity index (χ2n) is 4.43. The Morgan fingerprint density at radius 1 is 1.50 bits per heavy atom. The molecule has 90 valence electrons. The number of halogens is 1. The lowest BCUT2D eigenvalue weighted by Gasteiger charge is -2.24. The second kappa shape index (κ2) is 4.40. The zero-order chi connectivity index (χ0) is 11.8. The standard InChI is InChI=1S/C10H14BrNO2S2/c11-9-2-1-8(15-9)5-10(6-12)3-4-16(13,14)7-10/h1-2H,3-7,12H2. The molecule has 1 aromatic heterocycles. The van der Waals surface area contributed by atoms with E-state index in [1.54, 1.807) is 11.3 Å². The molecule has 1 fully saturated rings. The predicted molar refractivity (Wildman–Crippen MR) is 70.5 cm³/mol. The van der Waals surface area contributed by atoms with E-state index in [2.05, 4.69) is 15.9 Å². The molecule has 1 aliphatic rings. The third kappa shape index (κ3) is 2.67. The molecule has 2 N–H and O–H groups in total. The molecule has 1 unspecified atom stereocenters. The first-order valence-corrected chi connectivity index (χ1v) is 8.53. The summed E-state index contributed by atoms with van der Waals surface area (Å²) in [7, 11) is -2.87. The summed E-state index contributed by atoms with van der Waals surface area (Å²) in [6.45, 7) is 0.446. The summed E-state index contributed by atoms with van der Waals surface area (Å²) in [5.74, 6) is 0.531. The summed E-state index contributed by atoms with van der Waals surface area (Å²) >= 11 is 5.07. The maximum Gasteiger partial charge on any atom is 0.150 e. The van der Waals surface area contributed by atoms with Gasteiger partial charge in [0.25, 0.3) is 0 Å². The molecular weight excluding hydrogens is 310 g/mol. The zero-order valence-electron chi connectivity index (χ0n) is 8.78. The average Bonchev–Trinajstić information content (AvgIpc) is 2.72. The van der Waals surface area contributed by atoms with Crippen molar-refractivity contribution in [2.24, 2.45) is 11.1 Å². The smallest absolute Gasteiger partial charge is 0.150 e. The quantitative estimate of drug-likeness (QED) is 0.922. The maximum absolute atomic E-state index is 11.5. The molecule has 1 aromatic rings. The Hall–Kier alpha value is 0.0900. The van der Waals surface area contributed by atoms with Crippen LogP contribution >= 0.6 is 27.3 Å². The SMILES string of the molecule is NCC1(Cc2ccc(Br)s2)CCS(=O)(=O)C1. The third-order valence-electron chi connectivity index (χ3n) is 3.08. The van der Waals surface area contributed by atoms with Crippen molar-refractivity contribution >= 4 is 37.1 Å². The van der Waals surface area contributed by atoms with E-state index in [9.17, 15) is 8.42 Å². The van der Waals surface area contributed by atoms with Crippen molar-refractivity contribution in [1.29, 1.82) is 0 Å². The van der Waals surface area contributed by atoms with Crippen molar-refractivity contribution in [3.05, 3.63) is 20.8 Å². The number of hydrogen-bond acceptors (Lipinski definition) is 4. The van der Waals surface area contributed by atoms with Crippen molar-refractivity contribution in [1.82, 2.24) is 0 Å². The lowest BCUT2D eigenvalue weighted by Crippen LogP contribution is -2.33. The van der Waals surface area contributed by atoms with E-state index in [1.165, 1.54) is 4.88 Å². The van der Waals surface area contributed by atoms with Gasteiger partial charge in [0.2, 0.25) is 0 Å². The Bertz CT molecular complexity index is 483. The van der Waals surface area contributed by atoms with Crippen molar-refractivity contribution in [3.63, 3.8) is 0 Å². The first kappa shape index (κ1) is 12.5. The van der Waals surface area contributed by atoms with Crippen LogP contribution in [0.25, 0.3) is 0 Å². The van der Waals surface area contributed by atoms with Crippen LogP contribution < -0.4 is 5.73 Å². The van der Waals surface area contributed by atoms with E-state index >= 15 is 0 Å². The van der Waals surface area contributed by atoms with E-state index in [4.69, 9.17) is 5.73 Å². The molecule has 0 spiro atoms. The number of nitrogens with two attached hydrogens (primary N) is 1. The fourth-order valence-electron chi connectivity index (χ4n) is 2.17. The topological polar surface area (TPSA) is 60.2 Å². The molecule has 0 radical (unpaired) electrons. The van der Waals surface area contributed by atoms with Gasteiger partial charge in [0.1, 0.15) is 0 Å². The second-order valence-corrected chi connectivity index (χ2v) is 9.16. The van der Waals surface area contributed by atoms with Crippen LogP contribution in [0.3, 0.4) is 0 Å². The first-order valence-electron chi connectivity index (χ1n) is 5.09. The minimum atomic E-state index is -2.87. The van der Waals surface area contributed by atoms with Crippen LogP contribution in [0.2, 0.25) is 0 Å². The van der Waals surface area contributed by atoms with Gasteiger partial charge in [-0.05, 0) is 47.4 Å². The minimum Gasteiger partial charge on any atom is -0.330 e. The van der Waals surface area contributed by atoms with Crippen molar-refractivity contribution < 1.29 is 8.42 Å². The third-order valence-corrected chi connectivity index (χ3v) is 6.58. The average molecular weight is 324 g/mol. The van der Waals surface area contributed by atoms with Gasteiger partial charge >= 0.3 is 0 Å². The fraction of sp³-hybridized carbons (Fsp3) is 0.600. The van der Waals surface area contributed by atoms with Gasteiger partial charge in [-0.2, -0.15) is 0 Å². The molecule has 0 amide bonds. The Morgan fingerprint density at radius 3 is 2.69 bits per heavy atom. The Labute approximate surface area is 108 Å². The van der Waals surface area contributed by atoms with Crippen molar-refractivity contribution in [2.45, 2.75) is 12.8 Å². The number of hydrogen-bond donors (Lipinski definition) is 1. The molecule has 1 saturated heterocycles. The van der Waals surface area contributed by atoms with Crippen LogP contribution in [-0.4, -0.2) is 26.5 Å². The molecule has 16 heavy (non-hydrogen) atoms. The first-order chi connectivity index (χ1) is 7.45. The highest BCUT2D eigenvalue weighted by Crippen LogP contribution is 2.37. The minimum absolute atomic E-state index is 0.233. The van der Waals surface area contributed by atoms with Crippen LogP contribution in [0.15, 0.2) is 15.9 Å². The summed E-state index contributed by atoms with van der Waals surface area (Å²) in [5, 5.41) is 0. The van der Waals surface area contributed by atoms with E-state index in [1.807, 2.05) is 12.1 Å². The molecule has 6 heteroatoms. The summed E-state index contributed by atoms with van der Waals surface area (Å²) < 4.78 is 24.2. The predicted octanol–water partition coefficient (Wildman–Crippen LogP) is 1.82. The molecule has 0 bridgehead atoms. The van der Waals surface area contributed by atoms with Crippen molar-refractivity contribution in [3.8, 4) is 0 Å². The zero-order valence-corrected chi connectivity index (χ0v) is 12.0. The molecular formula is C10H14BrNO2S2. The van der Waals surface area contributed by atoms with Gasteiger partial charge in [0, 0.05) is 10.3 Å². The summed E-state index contributed by atoms with van der Waals surface area (Å²) in [6, 6.07) is 4.03. The molecule has 2 heterocycles. The number of sulfone groups is 1. The molecule has 3 nitrogen and oxygen atoms in total. The van der Waals surface area contributed by atoms with Gasteiger partial charge in [-0.25, -0.2) is 8.42 Å². The molecule has 0 aliphatic carbocycles. The van der Waals surface area contributed by atoms with E-state index < -0.39 is 9.84 Å². The van der Waals surface area contributed by atoms with Gasteiger partial charge in [-0.15, -0.1) is 11.3 Å². The summed E-state index contributed by atoms with van der Waals surface area (Å²) in [6.07, 6.45) is 1.47. The molecule has 1 aliphatic heterocycles. The largest absolute Gasteiger partial charge is 0.330 e.